The second kappa shape index (κ2) is 5.90. The Labute approximate surface area is 95.5 Å². The molecule has 4 heteroatoms. The molecule has 0 N–H and O–H groups in total. The third kappa shape index (κ3) is 3.38. The molecule has 0 radical (unpaired) electrons. The summed E-state index contributed by atoms with van der Waals surface area (Å²) in [5.74, 6) is -0.401. The minimum Gasteiger partial charge on any atom is -0.461 e. The Kier molecular flexibility index (Phi) is 4.51. The molecule has 0 heterocycles. The Morgan fingerprint density at radius 1 is 1.31 bits per heavy atom. The van der Waals surface area contributed by atoms with E-state index in [1.165, 1.54) is 0 Å². The molecule has 0 aliphatic heterocycles. The van der Waals surface area contributed by atoms with Crippen LogP contribution in [0, 0.1) is 0 Å². The Balaban J connectivity index is 3.02. The molecule has 0 saturated carbocycles. The van der Waals surface area contributed by atoms with Crippen molar-refractivity contribution in [3.05, 3.63) is 35.9 Å². The van der Waals surface area contributed by atoms with Crippen LogP contribution in [0.25, 0.3) is 0 Å². The van der Waals surface area contributed by atoms with Gasteiger partial charge in [-0.25, -0.2) is 4.79 Å². The Morgan fingerprint density at radius 3 is 2.44 bits per heavy atom. The van der Waals surface area contributed by atoms with Gasteiger partial charge in [0.1, 0.15) is 0 Å². The number of esters is 1. The first kappa shape index (κ1) is 12.2. The summed E-state index contributed by atoms with van der Waals surface area (Å²) >= 11 is 0. The highest BCUT2D eigenvalue weighted by molar-refractivity contribution is 6.43. The number of ether oxygens (including phenoxy) is 1. The van der Waals surface area contributed by atoms with E-state index in [2.05, 4.69) is 5.10 Å². The molecule has 16 heavy (non-hydrogen) atoms. The summed E-state index contributed by atoms with van der Waals surface area (Å²) in [6.07, 6.45) is 0. The number of rotatable bonds is 4. The highest BCUT2D eigenvalue weighted by Crippen LogP contribution is 2.04. The maximum absolute atomic E-state index is 11.7. The standard InChI is InChI=1S/C12H16N2O2/c1-4-16-12(15)11(13-14(2)3)10-8-6-5-7-9-10/h5-9H,4H2,1-3H3/b13-11+. The summed E-state index contributed by atoms with van der Waals surface area (Å²) < 4.78 is 4.96. The molecular formula is C12H16N2O2. The molecule has 0 saturated heterocycles. The second-order valence-electron chi connectivity index (χ2n) is 3.38. The van der Waals surface area contributed by atoms with Gasteiger partial charge in [0.25, 0.3) is 0 Å². The monoisotopic (exact) mass is 220 g/mol. The van der Waals surface area contributed by atoms with E-state index in [0.29, 0.717) is 12.3 Å². The fraction of sp³-hybridized carbons (Fsp3) is 0.333. The van der Waals surface area contributed by atoms with Crippen molar-refractivity contribution in [1.29, 1.82) is 0 Å². The van der Waals surface area contributed by atoms with E-state index in [4.69, 9.17) is 4.74 Å². The van der Waals surface area contributed by atoms with Gasteiger partial charge in [-0.1, -0.05) is 30.3 Å². The highest BCUT2D eigenvalue weighted by Gasteiger charge is 2.15. The predicted molar refractivity (Wildman–Crippen MR) is 63.3 cm³/mol. The topological polar surface area (TPSA) is 41.9 Å². The first-order valence-corrected chi connectivity index (χ1v) is 5.13. The molecule has 0 spiro atoms. The van der Waals surface area contributed by atoms with Crippen molar-refractivity contribution in [3.63, 3.8) is 0 Å². The summed E-state index contributed by atoms with van der Waals surface area (Å²) in [6, 6.07) is 9.28. The van der Waals surface area contributed by atoms with Crippen LogP contribution in [0.1, 0.15) is 12.5 Å². The van der Waals surface area contributed by atoms with Gasteiger partial charge in [-0.2, -0.15) is 5.10 Å². The van der Waals surface area contributed by atoms with Crippen molar-refractivity contribution in [3.8, 4) is 0 Å². The first-order chi connectivity index (χ1) is 7.65. The molecule has 4 nitrogen and oxygen atoms in total. The van der Waals surface area contributed by atoms with Gasteiger partial charge in [0.2, 0.25) is 0 Å². The molecule has 0 aliphatic carbocycles. The molecule has 1 rings (SSSR count). The number of hydrogen-bond acceptors (Lipinski definition) is 4. The van der Waals surface area contributed by atoms with Crippen molar-refractivity contribution in [1.82, 2.24) is 5.01 Å². The van der Waals surface area contributed by atoms with Crippen LogP contribution in [-0.4, -0.2) is 37.4 Å². The maximum atomic E-state index is 11.7. The van der Waals surface area contributed by atoms with Crippen LogP contribution in [0.5, 0.6) is 0 Å². The molecule has 0 bridgehead atoms. The van der Waals surface area contributed by atoms with Gasteiger partial charge < -0.3 is 9.75 Å². The van der Waals surface area contributed by atoms with Crippen LogP contribution < -0.4 is 0 Å². The summed E-state index contributed by atoms with van der Waals surface area (Å²) in [5.41, 5.74) is 1.09. The van der Waals surface area contributed by atoms with Crippen molar-refractivity contribution < 1.29 is 9.53 Å². The molecule has 0 aliphatic rings. The van der Waals surface area contributed by atoms with Crippen LogP contribution in [0.3, 0.4) is 0 Å². The van der Waals surface area contributed by atoms with Gasteiger partial charge in [0.05, 0.1) is 6.61 Å². The number of hydrogen-bond donors (Lipinski definition) is 0. The lowest BCUT2D eigenvalue weighted by Crippen LogP contribution is -2.22. The molecule has 1 aromatic carbocycles. The number of benzene rings is 1. The van der Waals surface area contributed by atoms with Crippen LogP contribution >= 0.6 is 0 Å². The average Bonchev–Trinajstić information content (AvgIpc) is 2.27. The number of carbonyl (C=O) groups is 1. The van der Waals surface area contributed by atoms with Gasteiger partial charge in [-0.15, -0.1) is 0 Å². The summed E-state index contributed by atoms with van der Waals surface area (Å²) in [5, 5.41) is 5.72. The molecular weight excluding hydrogens is 204 g/mol. The minimum atomic E-state index is -0.401. The van der Waals surface area contributed by atoms with Crippen molar-refractivity contribution >= 4 is 11.7 Å². The van der Waals surface area contributed by atoms with E-state index in [1.54, 1.807) is 26.0 Å². The number of hydrazone groups is 1. The minimum absolute atomic E-state index is 0.326. The van der Waals surface area contributed by atoms with E-state index >= 15 is 0 Å². The van der Waals surface area contributed by atoms with Crippen LogP contribution in [-0.2, 0) is 9.53 Å². The average molecular weight is 220 g/mol. The lowest BCUT2D eigenvalue weighted by Gasteiger charge is -2.10. The first-order valence-electron chi connectivity index (χ1n) is 5.13. The normalized spacial score (nSPS) is 11.1. The fourth-order valence-corrected chi connectivity index (χ4v) is 1.21. The third-order valence-electron chi connectivity index (χ3n) is 1.82. The fourth-order valence-electron chi connectivity index (χ4n) is 1.21. The summed E-state index contributed by atoms with van der Waals surface area (Å²) in [7, 11) is 3.53. The predicted octanol–water partition coefficient (Wildman–Crippen LogP) is 1.52. The summed E-state index contributed by atoms with van der Waals surface area (Å²) in [4.78, 5) is 11.7. The van der Waals surface area contributed by atoms with E-state index in [0.717, 1.165) is 5.56 Å². The molecule has 0 unspecified atom stereocenters. The molecule has 1 aromatic rings. The maximum Gasteiger partial charge on any atom is 0.359 e. The molecule has 0 aromatic heterocycles. The van der Waals surface area contributed by atoms with Gasteiger partial charge >= 0.3 is 5.97 Å². The lowest BCUT2D eigenvalue weighted by molar-refractivity contribution is -0.135. The Bertz CT molecular complexity index is 372. The highest BCUT2D eigenvalue weighted by atomic mass is 16.5. The van der Waals surface area contributed by atoms with E-state index < -0.39 is 5.97 Å². The number of nitrogens with zero attached hydrogens (tertiary/aromatic N) is 2. The largest absolute Gasteiger partial charge is 0.461 e. The molecule has 0 amide bonds. The quantitative estimate of drug-likeness (QED) is 0.439. The zero-order valence-corrected chi connectivity index (χ0v) is 9.80. The van der Waals surface area contributed by atoms with E-state index in [9.17, 15) is 4.79 Å². The Hall–Kier alpha value is -1.84. The lowest BCUT2D eigenvalue weighted by atomic mass is 10.1. The van der Waals surface area contributed by atoms with Crippen molar-refractivity contribution in [2.45, 2.75) is 6.92 Å². The molecule has 86 valence electrons. The Morgan fingerprint density at radius 2 is 1.94 bits per heavy atom. The third-order valence-corrected chi connectivity index (χ3v) is 1.82. The van der Waals surface area contributed by atoms with E-state index in [1.807, 2.05) is 30.3 Å². The van der Waals surface area contributed by atoms with Crippen molar-refractivity contribution in [2.75, 3.05) is 20.7 Å². The molecule has 0 fully saturated rings. The summed E-state index contributed by atoms with van der Waals surface area (Å²) in [6.45, 7) is 2.12. The van der Waals surface area contributed by atoms with Gasteiger partial charge in [0.15, 0.2) is 5.71 Å². The van der Waals surface area contributed by atoms with Gasteiger partial charge in [0, 0.05) is 19.7 Å². The van der Waals surface area contributed by atoms with Crippen LogP contribution in [0.4, 0.5) is 0 Å². The zero-order valence-electron chi connectivity index (χ0n) is 9.80. The zero-order chi connectivity index (χ0) is 12.0. The second-order valence-corrected chi connectivity index (χ2v) is 3.38. The number of carbonyl (C=O) groups excluding carboxylic acids is 1. The van der Waals surface area contributed by atoms with E-state index in [-0.39, 0.29) is 0 Å². The smallest absolute Gasteiger partial charge is 0.359 e. The van der Waals surface area contributed by atoms with Crippen molar-refractivity contribution in [2.24, 2.45) is 5.10 Å². The SMILES string of the molecule is CCOC(=O)/C(=N/N(C)C)c1ccccc1. The van der Waals surface area contributed by atoms with Gasteiger partial charge in [-0.3, -0.25) is 0 Å². The van der Waals surface area contributed by atoms with Crippen LogP contribution in [0.2, 0.25) is 0 Å². The molecule has 0 atom stereocenters. The van der Waals surface area contributed by atoms with Gasteiger partial charge in [-0.05, 0) is 6.92 Å². The van der Waals surface area contributed by atoms with Crippen LogP contribution in [0.15, 0.2) is 35.4 Å².